The van der Waals surface area contributed by atoms with Crippen LogP contribution in [0.3, 0.4) is 0 Å². The number of piperidine rings is 1. The van der Waals surface area contributed by atoms with E-state index < -0.39 is 23.0 Å². The van der Waals surface area contributed by atoms with E-state index in [0.29, 0.717) is 37.2 Å². The third-order valence-corrected chi connectivity index (χ3v) is 6.68. The van der Waals surface area contributed by atoms with E-state index in [4.69, 9.17) is 9.47 Å². The van der Waals surface area contributed by atoms with Crippen LogP contribution in [0.2, 0.25) is 0 Å². The zero-order valence-corrected chi connectivity index (χ0v) is 18.2. The fourth-order valence-corrected chi connectivity index (χ4v) is 4.71. The second-order valence-corrected chi connectivity index (χ2v) is 9.45. The minimum Gasteiger partial charge on any atom is -0.493 e. The molecule has 1 heterocycles. The van der Waals surface area contributed by atoms with Crippen LogP contribution in [-0.4, -0.2) is 42.6 Å². The third kappa shape index (κ3) is 5.36. The molecule has 3 fully saturated rings. The van der Waals surface area contributed by atoms with Gasteiger partial charge in [-0.3, -0.25) is 4.79 Å². The summed E-state index contributed by atoms with van der Waals surface area (Å²) in [7, 11) is 0. The van der Waals surface area contributed by atoms with Gasteiger partial charge in [0.2, 0.25) is 0 Å². The standard InChI is InChI=1S/C24H31F2NO4/c1-14(2)31-24(29)27-8-5-15(6-9-27)19-11-17(19)7-10-30-18-12-20(25)22(21(26)13-18)23(28)16-3-4-16/h12-17,19H,3-11H2,1-2H3/t17-,19-/m1/s1. The number of nitrogens with zero attached hydrogens (tertiary/aromatic N) is 1. The zero-order valence-electron chi connectivity index (χ0n) is 18.2. The summed E-state index contributed by atoms with van der Waals surface area (Å²) in [5.41, 5.74) is -0.430. The number of carbonyl (C=O) groups is 2. The largest absolute Gasteiger partial charge is 0.493 e. The molecule has 1 saturated heterocycles. The maximum atomic E-state index is 14.2. The molecule has 2 atom stereocenters. The molecule has 0 N–H and O–H groups in total. The Balaban J connectivity index is 1.19. The molecule has 0 aromatic heterocycles. The number of halogens is 2. The fraction of sp³-hybridized carbons (Fsp3) is 0.667. The summed E-state index contributed by atoms with van der Waals surface area (Å²) in [4.78, 5) is 25.8. The third-order valence-electron chi connectivity index (χ3n) is 6.68. The van der Waals surface area contributed by atoms with E-state index in [1.54, 1.807) is 4.90 Å². The van der Waals surface area contributed by atoms with Gasteiger partial charge in [0.15, 0.2) is 5.78 Å². The van der Waals surface area contributed by atoms with Crippen LogP contribution in [0.4, 0.5) is 13.6 Å². The number of amides is 1. The minimum atomic E-state index is -0.834. The van der Waals surface area contributed by atoms with Gasteiger partial charge in [-0.15, -0.1) is 0 Å². The SMILES string of the molecule is CC(C)OC(=O)N1CCC([C@H]2C[C@H]2CCOc2cc(F)c(C(=O)C3CC3)c(F)c2)CC1. The lowest BCUT2D eigenvalue weighted by molar-refractivity contribution is 0.0632. The highest BCUT2D eigenvalue weighted by Crippen LogP contribution is 2.49. The number of ether oxygens (including phenoxy) is 2. The van der Waals surface area contributed by atoms with Crippen molar-refractivity contribution in [2.24, 2.45) is 23.7 Å². The number of ketones is 1. The Labute approximate surface area is 182 Å². The number of hydrogen-bond acceptors (Lipinski definition) is 4. The van der Waals surface area contributed by atoms with Crippen molar-refractivity contribution in [3.63, 3.8) is 0 Å². The number of likely N-dealkylation sites (tertiary alicyclic amines) is 1. The molecule has 7 heteroatoms. The fourth-order valence-electron chi connectivity index (χ4n) is 4.71. The van der Waals surface area contributed by atoms with Gasteiger partial charge in [0.1, 0.15) is 17.4 Å². The molecule has 170 valence electrons. The van der Waals surface area contributed by atoms with Crippen molar-refractivity contribution >= 4 is 11.9 Å². The second kappa shape index (κ2) is 9.13. The smallest absolute Gasteiger partial charge is 0.410 e. The highest BCUT2D eigenvalue weighted by Gasteiger charge is 2.43. The van der Waals surface area contributed by atoms with E-state index in [0.717, 1.165) is 50.9 Å². The Hall–Kier alpha value is -2.18. The molecule has 0 radical (unpaired) electrons. The molecule has 4 rings (SSSR count). The van der Waals surface area contributed by atoms with Crippen molar-refractivity contribution in [2.75, 3.05) is 19.7 Å². The molecule has 1 aromatic rings. The monoisotopic (exact) mass is 435 g/mol. The van der Waals surface area contributed by atoms with E-state index in [1.807, 2.05) is 13.8 Å². The first kappa shape index (κ1) is 22.0. The lowest BCUT2D eigenvalue weighted by Crippen LogP contribution is -2.40. The van der Waals surface area contributed by atoms with Gasteiger partial charge < -0.3 is 14.4 Å². The molecular formula is C24H31F2NO4. The maximum absolute atomic E-state index is 14.2. The van der Waals surface area contributed by atoms with Crippen LogP contribution in [0.25, 0.3) is 0 Å². The number of rotatable bonds is 8. The molecule has 31 heavy (non-hydrogen) atoms. The summed E-state index contributed by atoms with van der Waals surface area (Å²) in [6, 6.07) is 2.24. The van der Waals surface area contributed by atoms with Crippen molar-refractivity contribution in [2.45, 2.75) is 58.5 Å². The van der Waals surface area contributed by atoms with Crippen LogP contribution in [0.1, 0.15) is 62.7 Å². The van der Waals surface area contributed by atoms with Gasteiger partial charge in [-0.1, -0.05) is 0 Å². The predicted octanol–water partition coefficient (Wildman–Crippen LogP) is 5.22. The van der Waals surface area contributed by atoms with Gasteiger partial charge in [-0.05, 0) is 70.1 Å². The van der Waals surface area contributed by atoms with Crippen LogP contribution >= 0.6 is 0 Å². The van der Waals surface area contributed by atoms with E-state index >= 15 is 0 Å². The molecule has 1 aliphatic heterocycles. The molecular weight excluding hydrogens is 404 g/mol. The Morgan fingerprint density at radius 1 is 1.10 bits per heavy atom. The van der Waals surface area contributed by atoms with Crippen LogP contribution < -0.4 is 4.74 Å². The Kier molecular flexibility index (Phi) is 6.49. The minimum absolute atomic E-state index is 0.102. The molecule has 1 amide bonds. The van der Waals surface area contributed by atoms with Crippen LogP contribution in [0.15, 0.2) is 12.1 Å². The van der Waals surface area contributed by atoms with Crippen LogP contribution in [0.5, 0.6) is 5.75 Å². The topological polar surface area (TPSA) is 55.8 Å². The molecule has 2 aliphatic carbocycles. The average molecular weight is 436 g/mol. The zero-order chi connectivity index (χ0) is 22.1. The molecule has 1 aromatic carbocycles. The lowest BCUT2D eigenvalue weighted by atomic mass is 9.91. The van der Waals surface area contributed by atoms with Crippen LogP contribution in [0, 0.1) is 35.3 Å². The second-order valence-electron chi connectivity index (χ2n) is 9.45. The molecule has 0 unspecified atom stereocenters. The number of carbonyl (C=O) groups excluding carboxylic acids is 2. The number of hydrogen-bond donors (Lipinski definition) is 0. The van der Waals surface area contributed by atoms with Crippen molar-refractivity contribution in [3.8, 4) is 5.75 Å². The quantitative estimate of drug-likeness (QED) is 0.526. The van der Waals surface area contributed by atoms with Gasteiger partial charge in [0.05, 0.1) is 18.3 Å². The average Bonchev–Trinajstić information content (AvgIpc) is 3.61. The van der Waals surface area contributed by atoms with E-state index in [1.165, 1.54) is 0 Å². The summed E-state index contributed by atoms with van der Waals surface area (Å²) in [6.45, 7) is 5.58. The summed E-state index contributed by atoms with van der Waals surface area (Å²) < 4.78 is 39.3. The summed E-state index contributed by atoms with van der Waals surface area (Å²) in [5, 5.41) is 0. The van der Waals surface area contributed by atoms with Crippen molar-refractivity contribution in [1.29, 1.82) is 0 Å². The van der Waals surface area contributed by atoms with Gasteiger partial charge in [0.25, 0.3) is 0 Å². The van der Waals surface area contributed by atoms with E-state index in [-0.39, 0.29) is 23.9 Å². The highest BCUT2D eigenvalue weighted by atomic mass is 19.1. The van der Waals surface area contributed by atoms with E-state index in [9.17, 15) is 18.4 Å². The van der Waals surface area contributed by atoms with E-state index in [2.05, 4.69) is 0 Å². The first-order chi connectivity index (χ1) is 14.8. The van der Waals surface area contributed by atoms with Gasteiger partial charge in [0, 0.05) is 31.1 Å². The predicted molar refractivity (Wildman–Crippen MR) is 111 cm³/mol. The van der Waals surface area contributed by atoms with Gasteiger partial charge in [-0.25, -0.2) is 13.6 Å². The first-order valence-electron chi connectivity index (χ1n) is 11.4. The Morgan fingerprint density at radius 3 is 2.32 bits per heavy atom. The molecule has 0 bridgehead atoms. The Bertz CT molecular complexity index is 808. The van der Waals surface area contributed by atoms with Crippen molar-refractivity contribution < 1.29 is 27.8 Å². The molecule has 0 spiro atoms. The lowest BCUT2D eigenvalue weighted by Gasteiger charge is -2.32. The number of benzene rings is 1. The summed E-state index contributed by atoms with van der Waals surface area (Å²) >= 11 is 0. The highest BCUT2D eigenvalue weighted by molar-refractivity contribution is 5.99. The van der Waals surface area contributed by atoms with Gasteiger partial charge >= 0.3 is 6.09 Å². The normalized spacial score (nSPS) is 23.7. The van der Waals surface area contributed by atoms with Gasteiger partial charge in [-0.2, -0.15) is 0 Å². The molecule has 2 saturated carbocycles. The molecule has 5 nitrogen and oxygen atoms in total. The summed E-state index contributed by atoms with van der Waals surface area (Å²) in [6.07, 6.45) is 5.05. The summed E-state index contributed by atoms with van der Waals surface area (Å²) in [5.74, 6) is -0.394. The Morgan fingerprint density at radius 2 is 1.74 bits per heavy atom. The maximum Gasteiger partial charge on any atom is 0.410 e. The van der Waals surface area contributed by atoms with Crippen molar-refractivity contribution in [3.05, 3.63) is 29.3 Å². The first-order valence-corrected chi connectivity index (χ1v) is 11.4. The van der Waals surface area contributed by atoms with Crippen molar-refractivity contribution in [1.82, 2.24) is 4.90 Å². The van der Waals surface area contributed by atoms with Crippen LogP contribution in [-0.2, 0) is 4.74 Å². The molecule has 3 aliphatic rings. The number of Topliss-reactive ketones (excluding diaryl/α,β-unsaturated/α-hetero) is 1.